The molecule has 1 aliphatic carbocycles. The van der Waals surface area contributed by atoms with E-state index in [-0.39, 0.29) is 6.04 Å². The predicted octanol–water partition coefficient (Wildman–Crippen LogP) is 1.48. The molecule has 1 heterocycles. The van der Waals surface area contributed by atoms with Crippen LogP contribution < -0.4 is 5.32 Å². The summed E-state index contributed by atoms with van der Waals surface area (Å²) in [5, 5.41) is 3.88. The molecule has 0 aliphatic heterocycles. The summed E-state index contributed by atoms with van der Waals surface area (Å²) in [6, 6.07) is -0.116. The number of hydrogen-bond donors (Lipinski definition) is 1. The highest BCUT2D eigenvalue weighted by Gasteiger charge is 2.56. The van der Waals surface area contributed by atoms with E-state index >= 15 is 0 Å². The van der Waals surface area contributed by atoms with Gasteiger partial charge < -0.3 is 5.32 Å². The van der Waals surface area contributed by atoms with Crippen LogP contribution in [0.4, 0.5) is 5.13 Å². The molecule has 1 fully saturated rings. The minimum absolute atomic E-state index is 0.116. The molecule has 0 amide bonds. The summed E-state index contributed by atoms with van der Waals surface area (Å²) in [6.07, 6.45) is 3.58. The molecule has 5 nitrogen and oxygen atoms in total. The highest BCUT2D eigenvalue weighted by Crippen LogP contribution is 2.46. The molecular weight excluding hydrogens is 258 g/mol. The average molecular weight is 275 g/mol. The van der Waals surface area contributed by atoms with E-state index in [1.54, 1.807) is 0 Å². The Morgan fingerprint density at radius 2 is 2.18 bits per heavy atom. The summed E-state index contributed by atoms with van der Waals surface area (Å²) >= 11 is 1.29. The molecule has 1 aromatic rings. The van der Waals surface area contributed by atoms with Crippen molar-refractivity contribution in [2.75, 3.05) is 11.6 Å². The molecule has 7 heteroatoms. The summed E-state index contributed by atoms with van der Waals surface area (Å²) in [4.78, 5) is 4.29. The fourth-order valence-electron chi connectivity index (χ4n) is 2.02. The Hall–Kier alpha value is -0.690. The van der Waals surface area contributed by atoms with Crippen LogP contribution in [0.3, 0.4) is 0 Å². The topological polar surface area (TPSA) is 72.0 Å². The van der Waals surface area contributed by atoms with Crippen LogP contribution in [0.5, 0.6) is 0 Å². The van der Waals surface area contributed by atoms with Crippen molar-refractivity contribution in [3.8, 4) is 0 Å². The largest absolute Gasteiger partial charge is 0.356 e. The van der Waals surface area contributed by atoms with Crippen LogP contribution >= 0.6 is 11.5 Å². The lowest BCUT2D eigenvalue weighted by Crippen LogP contribution is -2.39. The van der Waals surface area contributed by atoms with Gasteiger partial charge in [0.2, 0.25) is 5.13 Å². The number of aryl methyl sites for hydroxylation is 1. The van der Waals surface area contributed by atoms with E-state index in [0.29, 0.717) is 5.13 Å². The van der Waals surface area contributed by atoms with Gasteiger partial charge in [0.25, 0.3) is 0 Å². The first kappa shape index (κ1) is 12.8. The van der Waals surface area contributed by atoms with Crippen molar-refractivity contribution in [2.24, 2.45) is 0 Å². The molecule has 0 spiro atoms. The first-order valence-corrected chi connectivity index (χ1v) is 8.34. The number of hydrogen-bond acceptors (Lipinski definition) is 6. The van der Waals surface area contributed by atoms with Crippen LogP contribution in [-0.4, -0.2) is 34.8 Å². The summed E-state index contributed by atoms with van der Waals surface area (Å²) in [7, 11) is -3.02. The molecule has 2 rings (SSSR count). The first-order valence-electron chi connectivity index (χ1n) is 5.68. The van der Waals surface area contributed by atoms with Gasteiger partial charge in [-0.2, -0.15) is 4.37 Å². The van der Waals surface area contributed by atoms with Crippen LogP contribution in [0.2, 0.25) is 0 Å². The Balaban J connectivity index is 2.10. The normalized spacial score (nSPS) is 19.9. The van der Waals surface area contributed by atoms with Crippen LogP contribution in [0.15, 0.2) is 0 Å². The Bertz CT molecular complexity index is 505. The van der Waals surface area contributed by atoms with Gasteiger partial charge in [0.15, 0.2) is 9.84 Å². The SMILES string of the molecule is CCc1nsc(N[C@@H](C)C2(S(C)(=O)=O)CC2)n1. The number of anilines is 1. The smallest absolute Gasteiger partial charge is 0.202 e. The maximum atomic E-state index is 11.7. The first-order chi connectivity index (χ1) is 7.89. The Labute approximate surface area is 106 Å². The van der Waals surface area contributed by atoms with E-state index in [1.807, 2.05) is 13.8 Å². The van der Waals surface area contributed by atoms with E-state index < -0.39 is 14.6 Å². The van der Waals surface area contributed by atoms with Crippen molar-refractivity contribution >= 4 is 26.5 Å². The monoisotopic (exact) mass is 275 g/mol. The lowest BCUT2D eigenvalue weighted by molar-refractivity contribution is 0.568. The van der Waals surface area contributed by atoms with E-state index in [4.69, 9.17) is 0 Å². The number of rotatable bonds is 5. The molecule has 0 unspecified atom stereocenters. The van der Waals surface area contributed by atoms with Gasteiger partial charge in [-0.1, -0.05) is 6.92 Å². The minimum atomic E-state index is -3.02. The van der Waals surface area contributed by atoms with Gasteiger partial charge in [-0.3, -0.25) is 0 Å². The third kappa shape index (κ3) is 2.30. The van der Waals surface area contributed by atoms with Gasteiger partial charge >= 0.3 is 0 Å². The van der Waals surface area contributed by atoms with Crippen LogP contribution in [0, 0.1) is 0 Å². The number of nitrogens with zero attached hydrogens (tertiary/aromatic N) is 2. The lowest BCUT2D eigenvalue weighted by Gasteiger charge is -2.22. The standard InChI is InChI=1S/C10H17N3O2S2/c1-4-8-12-9(16-13-8)11-7(2)10(5-6-10)17(3,14)15/h7H,4-6H2,1-3H3,(H,11,12,13)/t7-/m0/s1. The van der Waals surface area contributed by atoms with E-state index in [1.165, 1.54) is 17.8 Å². The third-order valence-electron chi connectivity index (χ3n) is 3.39. The Morgan fingerprint density at radius 3 is 2.59 bits per heavy atom. The van der Waals surface area contributed by atoms with E-state index in [2.05, 4.69) is 14.7 Å². The zero-order valence-corrected chi connectivity index (χ0v) is 11.9. The number of sulfone groups is 1. The van der Waals surface area contributed by atoms with Crippen molar-refractivity contribution in [1.29, 1.82) is 0 Å². The minimum Gasteiger partial charge on any atom is -0.356 e. The summed E-state index contributed by atoms with van der Waals surface area (Å²) in [5.74, 6) is 0.800. The van der Waals surface area contributed by atoms with Crippen LogP contribution in [-0.2, 0) is 16.3 Å². The summed E-state index contributed by atoms with van der Waals surface area (Å²) in [5.41, 5.74) is 0. The molecule has 96 valence electrons. The van der Waals surface area contributed by atoms with Gasteiger partial charge in [-0.05, 0) is 19.8 Å². The maximum Gasteiger partial charge on any atom is 0.202 e. The fourth-order valence-corrected chi connectivity index (χ4v) is 4.30. The van der Waals surface area contributed by atoms with Crippen molar-refractivity contribution < 1.29 is 8.42 Å². The molecule has 0 aromatic carbocycles. The van der Waals surface area contributed by atoms with Gasteiger partial charge in [-0.15, -0.1) is 0 Å². The van der Waals surface area contributed by atoms with E-state index in [9.17, 15) is 8.42 Å². The molecule has 0 bridgehead atoms. The van der Waals surface area contributed by atoms with Crippen molar-refractivity contribution in [3.05, 3.63) is 5.82 Å². The van der Waals surface area contributed by atoms with Crippen molar-refractivity contribution in [1.82, 2.24) is 9.36 Å². The lowest BCUT2D eigenvalue weighted by atomic mass is 10.2. The molecule has 1 aromatic heterocycles. The molecule has 1 atom stereocenters. The third-order valence-corrected chi connectivity index (χ3v) is 6.32. The highest BCUT2D eigenvalue weighted by molar-refractivity contribution is 7.92. The molecule has 0 saturated heterocycles. The van der Waals surface area contributed by atoms with Gasteiger partial charge in [0.1, 0.15) is 5.82 Å². The molecule has 17 heavy (non-hydrogen) atoms. The van der Waals surface area contributed by atoms with Gasteiger partial charge in [0.05, 0.1) is 4.75 Å². The summed E-state index contributed by atoms with van der Waals surface area (Å²) in [6.45, 7) is 3.90. The fraction of sp³-hybridized carbons (Fsp3) is 0.800. The zero-order chi connectivity index (χ0) is 12.7. The van der Waals surface area contributed by atoms with Gasteiger partial charge in [-0.25, -0.2) is 13.4 Å². The predicted molar refractivity (Wildman–Crippen MR) is 69.2 cm³/mol. The quantitative estimate of drug-likeness (QED) is 0.881. The second kappa shape index (κ2) is 4.20. The van der Waals surface area contributed by atoms with E-state index in [0.717, 1.165) is 25.1 Å². The molecule has 0 radical (unpaired) electrons. The second-order valence-electron chi connectivity index (χ2n) is 4.57. The van der Waals surface area contributed by atoms with Crippen LogP contribution in [0.1, 0.15) is 32.5 Å². The Kier molecular flexibility index (Phi) is 3.15. The highest BCUT2D eigenvalue weighted by atomic mass is 32.2. The number of nitrogens with one attached hydrogen (secondary N) is 1. The van der Waals surface area contributed by atoms with Gasteiger partial charge in [0, 0.05) is 30.3 Å². The summed E-state index contributed by atoms with van der Waals surface area (Å²) < 4.78 is 27.1. The zero-order valence-electron chi connectivity index (χ0n) is 10.2. The number of aromatic nitrogens is 2. The van der Waals surface area contributed by atoms with Crippen molar-refractivity contribution in [2.45, 2.75) is 43.9 Å². The molecule has 1 saturated carbocycles. The average Bonchev–Trinajstić information content (AvgIpc) is 2.95. The Morgan fingerprint density at radius 1 is 1.53 bits per heavy atom. The molecule has 1 N–H and O–H groups in total. The second-order valence-corrected chi connectivity index (χ2v) is 7.68. The van der Waals surface area contributed by atoms with Crippen LogP contribution in [0.25, 0.3) is 0 Å². The van der Waals surface area contributed by atoms with Crippen molar-refractivity contribution in [3.63, 3.8) is 0 Å². The molecular formula is C10H17N3O2S2. The molecule has 1 aliphatic rings. The maximum absolute atomic E-state index is 11.7.